The molecule has 0 aromatic carbocycles. The molecular weight excluding hydrogens is 184 g/mol. The van der Waals surface area contributed by atoms with E-state index in [-0.39, 0.29) is 17.6 Å². The fourth-order valence-corrected chi connectivity index (χ4v) is 0.868. The van der Waals surface area contributed by atoms with Crippen molar-refractivity contribution >= 4 is 5.91 Å². The van der Waals surface area contributed by atoms with Crippen molar-refractivity contribution in [3.8, 4) is 0 Å². The molecule has 1 amide bonds. The molecule has 0 aliphatic carbocycles. The second kappa shape index (κ2) is 4.71. The number of hydrogen-bond donors (Lipinski definition) is 2. The summed E-state index contributed by atoms with van der Waals surface area (Å²) in [4.78, 5) is 15.2. The second-order valence-electron chi connectivity index (χ2n) is 2.95. The minimum Gasteiger partial charge on any atom is -0.349 e. The highest BCUT2D eigenvalue weighted by Crippen LogP contribution is 2.10. The number of carbonyl (C=O) groups excluding carboxylic acids is 1. The number of amides is 1. The van der Waals surface area contributed by atoms with Crippen LogP contribution in [0.3, 0.4) is 0 Å². The SMILES string of the molecule is CCNC(=O)c1noc(C(C)CN)n1. The largest absolute Gasteiger partial charge is 0.349 e. The predicted molar refractivity (Wildman–Crippen MR) is 49.8 cm³/mol. The third-order valence-corrected chi connectivity index (χ3v) is 1.76. The Morgan fingerprint density at radius 3 is 3.00 bits per heavy atom. The summed E-state index contributed by atoms with van der Waals surface area (Å²) in [7, 11) is 0. The zero-order valence-electron chi connectivity index (χ0n) is 8.28. The highest BCUT2D eigenvalue weighted by atomic mass is 16.5. The first-order valence-corrected chi connectivity index (χ1v) is 4.50. The van der Waals surface area contributed by atoms with Gasteiger partial charge in [0.1, 0.15) is 0 Å². The number of carbonyl (C=O) groups is 1. The monoisotopic (exact) mass is 198 g/mol. The Morgan fingerprint density at radius 1 is 1.71 bits per heavy atom. The first-order chi connectivity index (χ1) is 6.69. The van der Waals surface area contributed by atoms with E-state index >= 15 is 0 Å². The Bertz CT molecular complexity index is 310. The summed E-state index contributed by atoms with van der Waals surface area (Å²) in [6, 6.07) is 0. The van der Waals surface area contributed by atoms with Crippen LogP contribution in [0.1, 0.15) is 36.3 Å². The molecule has 1 unspecified atom stereocenters. The third kappa shape index (κ3) is 2.29. The van der Waals surface area contributed by atoms with Crippen molar-refractivity contribution in [2.45, 2.75) is 19.8 Å². The van der Waals surface area contributed by atoms with Crippen molar-refractivity contribution in [3.63, 3.8) is 0 Å². The van der Waals surface area contributed by atoms with Crippen LogP contribution in [-0.2, 0) is 0 Å². The van der Waals surface area contributed by atoms with E-state index < -0.39 is 0 Å². The van der Waals surface area contributed by atoms with Gasteiger partial charge in [0, 0.05) is 19.0 Å². The zero-order valence-corrected chi connectivity index (χ0v) is 8.28. The second-order valence-corrected chi connectivity index (χ2v) is 2.95. The molecule has 0 aliphatic rings. The lowest BCUT2D eigenvalue weighted by Crippen LogP contribution is -2.23. The molecule has 0 spiro atoms. The van der Waals surface area contributed by atoms with Crippen molar-refractivity contribution in [1.82, 2.24) is 15.5 Å². The molecule has 3 N–H and O–H groups in total. The molecule has 1 aromatic rings. The first kappa shape index (κ1) is 10.6. The molecule has 1 atom stereocenters. The molecule has 6 nitrogen and oxygen atoms in total. The summed E-state index contributed by atoms with van der Waals surface area (Å²) in [5.74, 6) is 0.105. The molecule has 0 aliphatic heterocycles. The summed E-state index contributed by atoms with van der Waals surface area (Å²) in [5, 5.41) is 6.13. The molecule has 6 heteroatoms. The molecule has 14 heavy (non-hydrogen) atoms. The predicted octanol–water partition coefficient (Wildman–Crippen LogP) is -0.118. The van der Waals surface area contributed by atoms with Crippen LogP contribution in [0.25, 0.3) is 0 Å². The van der Waals surface area contributed by atoms with Crippen LogP contribution in [0.2, 0.25) is 0 Å². The van der Waals surface area contributed by atoms with Crippen LogP contribution >= 0.6 is 0 Å². The van der Waals surface area contributed by atoms with E-state index in [2.05, 4.69) is 15.5 Å². The summed E-state index contributed by atoms with van der Waals surface area (Å²) >= 11 is 0. The van der Waals surface area contributed by atoms with Gasteiger partial charge in [-0.25, -0.2) is 0 Å². The number of nitrogens with zero attached hydrogens (tertiary/aromatic N) is 2. The van der Waals surface area contributed by atoms with Gasteiger partial charge >= 0.3 is 0 Å². The number of hydrogen-bond acceptors (Lipinski definition) is 5. The van der Waals surface area contributed by atoms with E-state index in [4.69, 9.17) is 10.3 Å². The van der Waals surface area contributed by atoms with E-state index in [1.54, 1.807) is 0 Å². The van der Waals surface area contributed by atoms with Crippen LogP contribution in [0.15, 0.2) is 4.52 Å². The van der Waals surface area contributed by atoms with E-state index in [0.29, 0.717) is 19.0 Å². The summed E-state index contributed by atoms with van der Waals surface area (Å²) < 4.78 is 4.88. The molecule has 1 rings (SSSR count). The summed E-state index contributed by atoms with van der Waals surface area (Å²) in [5.41, 5.74) is 5.42. The highest BCUT2D eigenvalue weighted by Gasteiger charge is 2.16. The minimum atomic E-state index is -0.327. The number of aromatic nitrogens is 2. The topological polar surface area (TPSA) is 94.0 Å². The molecule has 0 fully saturated rings. The summed E-state index contributed by atoms with van der Waals surface area (Å²) in [6.07, 6.45) is 0. The van der Waals surface area contributed by atoms with Gasteiger partial charge in [-0.15, -0.1) is 0 Å². The van der Waals surface area contributed by atoms with E-state index in [1.807, 2.05) is 13.8 Å². The molecule has 78 valence electrons. The molecule has 1 aromatic heterocycles. The van der Waals surface area contributed by atoms with Gasteiger partial charge in [0.25, 0.3) is 11.7 Å². The Hall–Kier alpha value is -1.43. The lowest BCUT2D eigenvalue weighted by molar-refractivity contribution is 0.0942. The van der Waals surface area contributed by atoms with Crippen LogP contribution in [0.4, 0.5) is 0 Å². The zero-order chi connectivity index (χ0) is 10.6. The fourth-order valence-electron chi connectivity index (χ4n) is 0.868. The Kier molecular flexibility index (Phi) is 3.58. The number of nitrogens with two attached hydrogens (primary N) is 1. The van der Waals surface area contributed by atoms with Crippen molar-refractivity contribution in [2.75, 3.05) is 13.1 Å². The van der Waals surface area contributed by atoms with Gasteiger partial charge < -0.3 is 15.6 Å². The first-order valence-electron chi connectivity index (χ1n) is 4.50. The van der Waals surface area contributed by atoms with Crippen LogP contribution in [-0.4, -0.2) is 29.1 Å². The average Bonchev–Trinajstić information content (AvgIpc) is 2.66. The molecule has 0 bridgehead atoms. The van der Waals surface area contributed by atoms with Crippen molar-refractivity contribution in [1.29, 1.82) is 0 Å². The lowest BCUT2D eigenvalue weighted by Gasteiger charge is -1.98. The van der Waals surface area contributed by atoms with Gasteiger partial charge in [0.15, 0.2) is 0 Å². The molecule has 0 saturated carbocycles. The molecule has 1 heterocycles. The van der Waals surface area contributed by atoms with E-state index in [1.165, 1.54) is 0 Å². The Labute approximate surface area is 81.9 Å². The molecule has 0 radical (unpaired) electrons. The van der Waals surface area contributed by atoms with Gasteiger partial charge in [-0.05, 0) is 6.92 Å². The van der Waals surface area contributed by atoms with Gasteiger partial charge in [-0.1, -0.05) is 12.1 Å². The van der Waals surface area contributed by atoms with Crippen LogP contribution < -0.4 is 11.1 Å². The Morgan fingerprint density at radius 2 is 2.43 bits per heavy atom. The highest BCUT2D eigenvalue weighted by molar-refractivity contribution is 5.90. The summed E-state index contributed by atoms with van der Waals surface area (Å²) in [6.45, 7) is 4.63. The minimum absolute atomic E-state index is 0.0225. The third-order valence-electron chi connectivity index (χ3n) is 1.76. The lowest BCUT2D eigenvalue weighted by atomic mass is 10.2. The van der Waals surface area contributed by atoms with E-state index in [9.17, 15) is 4.79 Å². The maximum absolute atomic E-state index is 11.2. The van der Waals surface area contributed by atoms with Crippen molar-refractivity contribution in [2.24, 2.45) is 5.73 Å². The normalized spacial score (nSPS) is 12.5. The number of rotatable bonds is 4. The van der Waals surface area contributed by atoms with Gasteiger partial charge in [-0.2, -0.15) is 4.98 Å². The maximum Gasteiger partial charge on any atom is 0.292 e. The van der Waals surface area contributed by atoms with Gasteiger partial charge in [-0.3, -0.25) is 4.79 Å². The van der Waals surface area contributed by atoms with E-state index in [0.717, 1.165) is 0 Å². The molecule has 0 saturated heterocycles. The van der Waals surface area contributed by atoms with Crippen molar-refractivity contribution in [3.05, 3.63) is 11.7 Å². The molecular formula is C8H14N4O2. The van der Waals surface area contributed by atoms with Crippen LogP contribution in [0, 0.1) is 0 Å². The van der Waals surface area contributed by atoms with Gasteiger partial charge in [0.2, 0.25) is 5.89 Å². The fraction of sp³-hybridized carbons (Fsp3) is 0.625. The van der Waals surface area contributed by atoms with Gasteiger partial charge in [0.05, 0.1) is 0 Å². The van der Waals surface area contributed by atoms with Crippen molar-refractivity contribution < 1.29 is 9.32 Å². The van der Waals surface area contributed by atoms with Crippen LogP contribution in [0.5, 0.6) is 0 Å². The standard InChI is InChI=1S/C8H14N4O2/c1-3-10-7(13)6-11-8(14-12-6)5(2)4-9/h5H,3-4,9H2,1-2H3,(H,10,13). The smallest absolute Gasteiger partial charge is 0.292 e. The number of nitrogens with one attached hydrogen (secondary N) is 1. The Balaban J connectivity index is 2.72. The maximum atomic E-state index is 11.2. The average molecular weight is 198 g/mol. The quantitative estimate of drug-likeness (QED) is 0.703.